The van der Waals surface area contributed by atoms with Crippen LogP contribution in [0.1, 0.15) is 127 Å². The first-order valence-corrected chi connectivity index (χ1v) is 13.5. The molecule has 0 aliphatic carbocycles. The van der Waals surface area contributed by atoms with E-state index in [9.17, 15) is 9.59 Å². The standard InChI is InChI=1S/C29H48O4/c1-4-5-6-7-8-9-12-15-18-21-32-28(30)19-16-13-10-11-14-17-20-29(31)33-27-23-25(2)22-26(3)24-27/h22-24H,4-21H2,1-3H3. The summed E-state index contributed by atoms with van der Waals surface area (Å²) in [4.78, 5) is 23.8. The zero-order valence-electron chi connectivity index (χ0n) is 21.6. The minimum absolute atomic E-state index is 0.0521. The van der Waals surface area contributed by atoms with E-state index in [1.165, 1.54) is 51.4 Å². The molecule has 0 aliphatic heterocycles. The monoisotopic (exact) mass is 460 g/mol. The molecule has 0 radical (unpaired) electrons. The van der Waals surface area contributed by atoms with Crippen LogP contribution in [0, 0.1) is 13.8 Å². The molecule has 0 aromatic heterocycles. The number of hydrogen-bond donors (Lipinski definition) is 0. The van der Waals surface area contributed by atoms with E-state index in [1.54, 1.807) is 0 Å². The van der Waals surface area contributed by atoms with Crippen LogP contribution in [-0.4, -0.2) is 18.5 Å². The lowest BCUT2D eigenvalue weighted by molar-refractivity contribution is -0.144. The normalized spacial score (nSPS) is 10.9. The van der Waals surface area contributed by atoms with Crippen molar-refractivity contribution in [1.29, 1.82) is 0 Å². The molecule has 0 heterocycles. The first kappa shape index (κ1) is 29.2. The maximum atomic E-state index is 12.0. The molecule has 0 fully saturated rings. The smallest absolute Gasteiger partial charge is 0.311 e. The molecule has 1 aromatic carbocycles. The van der Waals surface area contributed by atoms with Crippen molar-refractivity contribution in [2.24, 2.45) is 0 Å². The minimum atomic E-state index is -0.158. The summed E-state index contributed by atoms with van der Waals surface area (Å²) in [5.74, 6) is 0.431. The lowest BCUT2D eigenvalue weighted by Gasteiger charge is -2.07. The van der Waals surface area contributed by atoms with Gasteiger partial charge in [0.05, 0.1) is 6.61 Å². The van der Waals surface area contributed by atoms with Gasteiger partial charge in [-0.1, -0.05) is 90.0 Å². The SMILES string of the molecule is CCCCCCCCCCCOC(=O)CCCCCCCCC(=O)Oc1cc(C)cc(C)c1. The Hall–Kier alpha value is -1.84. The fraction of sp³-hybridized carbons (Fsp3) is 0.724. The van der Waals surface area contributed by atoms with Gasteiger partial charge in [0.1, 0.15) is 5.75 Å². The molecule has 0 saturated heterocycles. The van der Waals surface area contributed by atoms with Crippen molar-refractivity contribution in [2.45, 2.75) is 130 Å². The molecule has 0 spiro atoms. The minimum Gasteiger partial charge on any atom is -0.466 e. The number of rotatable bonds is 20. The molecule has 1 rings (SSSR count). The third-order valence-corrected chi connectivity index (χ3v) is 5.95. The molecule has 0 saturated carbocycles. The van der Waals surface area contributed by atoms with Crippen molar-refractivity contribution in [3.8, 4) is 5.75 Å². The Kier molecular flexibility index (Phi) is 17.4. The number of benzene rings is 1. The van der Waals surface area contributed by atoms with Gasteiger partial charge in [-0.3, -0.25) is 9.59 Å². The van der Waals surface area contributed by atoms with E-state index in [2.05, 4.69) is 13.0 Å². The van der Waals surface area contributed by atoms with Crippen molar-refractivity contribution >= 4 is 11.9 Å². The van der Waals surface area contributed by atoms with Gasteiger partial charge in [-0.15, -0.1) is 0 Å². The van der Waals surface area contributed by atoms with Gasteiger partial charge < -0.3 is 9.47 Å². The lowest BCUT2D eigenvalue weighted by Crippen LogP contribution is -2.07. The predicted octanol–water partition coefficient (Wildman–Crippen LogP) is 8.40. The number of esters is 2. The van der Waals surface area contributed by atoms with Gasteiger partial charge in [-0.25, -0.2) is 0 Å². The highest BCUT2D eigenvalue weighted by Crippen LogP contribution is 2.17. The summed E-state index contributed by atoms with van der Waals surface area (Å²) < 4.78 is 10.8. The van der Waals surface area contributed by atoms with Gasteiger partial charge >= 0.3 is 11.9 Å². The summed E-state index contributed by atoms with van der Waals surface area (Å²) in [6, 6.07) is 5.85. The third-order valence-electron chi connectivity index (χ3n) is 5.95. The van der Waals surface area contributed by atoms with E-state index in [0.29, 0.717) is 25.2 Å². The molecule has 33 heavy (non-hydrogen) atoms. The zero-order chi connectivity index (χ0) is 24.2. The van der Waals surface area contributed by atoms with Crippen molar-refractivity contribution < 1.29 is 19.1 Å². The van der Waals surface area contributed by atoms with Crippen LogP contribution >= 0.6 is 0 Å². The average molecular weight is 461 g/mol. The average Bonchev–Trinajstić information content (AvgIpc) is 2.76. The first-order valence-electron chi connectivity index (χ1n) is 13.5. The molecule has 0 bridgehead atoms. The van der Waals surface area contributed by atoms with E-state index in [1.807, 2.05) is 26.0 Å². The molecule has 1 aromatic rings. The largest absolute Gasteiger partial charge is 0.466 e. The van der Waals surface area contributed by atoms with Crippen LogP contribution in [0.5, 0.6) is 5.75 Å². The van der Waals surface area contributed by atoms with E-state index in [4.69, 9.17) is 9.47 Å². The second-order valence-corrected chi connectivity index (χ2v) is 9.47. The van der Waals surface area contributed by atoms with Crippen molar-refractivity contribution in [2.75, 3.05) is 6.61 Å². The molecule has 0 aliphatic rings. The first-order chi connectivity index (χ1) is 16.0. The topological polar surface area (TPSA) is 52.6 Å². The van der Waals surface area contributed by atoms with Crippen molar-refractivity contribution in [1.82, 2.24) is 0 Å². The van der Waals surface area contributed by atoms with Gasteiger partial charge in [0.15, 0.2) is 0 Å². The fourth-order valence-electron chi connectivity index (χ4n) is 4.09. The summed E-state index contributed by atoms with van der Waals surface area (Å²) in [6.07, 6.45) is 18.4. The van der Waals surface area contributed by atoms with Gasteiger partial charge in [0.25, 0.3) is 0 Å². The summed E-state index contributed by atoms with van der Waals surface area (Å²) in [6.45, 7) is 6.83. The molecule has 0 amide bonds. The Bertz CT molecular complexity index is 633. The highest BCUT2D eigenvalue weighted by molar-refractivity contribution is 5.72. The van der Waals surface area contributed by atoms with Gasteiger partial charge in [0.2, 0.25) is 0 Å². The summed E-state index contributed by atoms with van der Waals surface area (Å²) >= 11 is 0. The maximum Gasteiger partial charge on any atom is 0.311 e. The van der Waals surface area contributed by atoms with E-state index in [0.717, 1.165) is 56.1 Å². The Morgan fingerprint density at radius 2 is 1.06 bits per heavy atom. The number of unbranched alkanes of at least 4 members (excludes halogenated alkanes) is 13. The molecule has 0 unspecified atom stereocenters. The van der Waals surface area contributed by atoms with Crippen molar-refractivity contribution in [3.63, 3.8) is 0 Å². The molecule has 0 N–H and O–H groups in total. The van der Waals surface area contributed by atoms with E-state index >= 15 is 0 Å². The van der Waals surface area contributed by atoms with Crippen LogP contribution in [0.2, 0.25) is 0 Å². The van der Waals surface area contributed by atoms with E-state index in [-0.39, 0.29) is 11.9 Å². The number of carbonyl (C=O) groups is 2. The van der Waals surface area contributed by atoms with E-state index < -0.39 is 0 Å². The fourth-order valence-corrected chi connectivity index (χ4v) is 4.09. The van der Waals surface area contributed by atoms with Gasteiger partial charge in [-0.05, 0) is 56.4 Å². The number of ether oxygens (including phenoxy) is 2. The molecule has 0 atom stereocenters. The number of aryl methyl sites for hydroxylation is 2. The van der Waals surface area contributed by atoms with Crippen LogP contribution < -0.4 is 4.74 Å². The Morgan fingerprint density at radius 3 is 1.61 bits per heavy atom. The Labute approximate surface area is 202 Å². The number of hydrogen-bond acceptors (Lipinski definition) is 4. The van der Waals surface area contributed by atoms with Gasteiger partial charge in [0, 0.05) is 12.8 Å². The predicted molar refractivity (Wildman–Crippen MR) is 137 cm³/mol. The third kappa shape index (κ3) is 17.3. The second kappa shape index (κ2) is 19.6. The molecular weight excluding hydrogens is 412 g/mol. The molecule has 188 valence electrons. The highest BCUT2D eigenvalue weighted by Gasteiger charge is 2.06. The second-order valence-electron chi connectivity index (χ2n) is 9.47. The maximum absolute atomic E-state index is 12.0. The lowest BCUT2D eigenvalue weighted by atomic mass is 10.1. The quantitative estimate of drug-likeness (QED) is 0.111. The van der Waals surface area contributed by atoms with Crippen molar-refractivity contribution in [3.05, 3.63) is 29.3 Å². The zero-order valence-corrected chi connectivity index (χ0v) is 21.6. The Balaban J connectivity index is 1.87. The molecular formula is C29H48O4. The summed E-state index contributed by atoms with van der Waals surface area (Å²) in [5, 5.41) is 0. The molecule has 4 nitrogen and oxygen atoms in total. The Morgan fingerprint density at radius 1 is 0.606 bits per heavy atom. The van der Waals surface area contributed by atoms with Gasteiger partial charge in [-0.2, -0.15) is 0 Å². The van der Waals surface area contributed by atoms with Crippen LogP contribution in [0.25, 0.3) is 0 Å². The van der Waals surface area contributed by atoms with Crippen LogP contribution in [0.15, 0.2) is 18.2 Å². The summed E-state index contributed by atoms with van der Waals surface area (Å²) in [5.41, 5.74) is 2.20. The number of carbonyl (C=O) groups excluding carboxylic acids is 2. The van der Waals surface area contributed by atoms with Crippen LogP contribution in [0.4, 0.5) is 0 Å². The highest BCUT2D eigenvalue weighted by atomic mass is 16.5. The van der Waals surface area contributed by atoms with Crippen LogP contribution in [0.3, 0.4) is 0 Å². The van der Waals surface area contributed by atoms with Crippen LogP contribution in [-0.2, 0) is 14.3 Å². The molecule has 4 heteroatoms. The summed E-state index contributed by atoms with van der Waals surface area (Å²) in [7, 11) is 0.